The Kier molecular flexibility index (Phi) is 4.90. The van der Waals surface area contributed by atoms with Gasteiger partial charge in [-0.2, -0.15) is 0 Å². The zero-order valence-electron chi connectivity index (χ0n) is 16.0. The standard InChI is InChI=1S/C23H27ClN2O/c1-14(2)9-15-10-19-18-6-4-3-5-16(18)12-22(19)26(13-15)23(27)17-7-8-20(24)21(25)11-17/h3-8,11,14-15,19,22H,9-10,12-13,25H2,1-2H3. The Balaban J connectivity index is 1.67. The van der Waals surface area contributed by atoms with Crippen LogP contribution in [0.2, 0.25) is 5.02 Å². The molecule has 0 bridgehead atoms. The van der Waals surface area contributed by atoms with Crippen LogP contribution in [-0.2, 0) is 6.42 Å². The number of anilines is 1. The van der Waals surface area contributed by atoms with Crippen molar-refractivity contribution in [2.75, 3.05) is 12.3 Å². The summed E-state index contributed by atoms with van der Waals surface area (Å²) in [7, 11) is 0. The van der Waals surface area contributed by atoms with Crippen LogP contribution in [0.25, 0.3) is 0 Å². The molecule has 2 aromatic rings. The summed E-state index contributed by atoms with van der Waals surface area (Å²) in [6, 6.07) is 14.2. The van der Waals surface area contributed by atoms with Gasteiger partial charge >= 0.3 is 0 Å². The van der Waals surface area contributed by atoms with Crippen molar-refractivity contribution in [3.05, 3.63) is 64.2 Å². The minimum Gasteiger partial charge on any atom is -0.398 e. The fourth-order valence-corrected chi connectivity index (χ4v) is 5.15. The molecule has 2 N–H and O–H groups in total. The molecule has 1 saturated heterocycles. The molecule has 3 unspecified atom stereocenters. The normalized spacial score (nSPS) is 24.0. The van der Waals surface area contributed by atoms with Crippen LogP contribution in [0.3, 0.4) is 0 Å². The van der Waals surface area contributed by atoms with Gasteiger partial charge in [0.1, 0.15) is 0 Å². The number of amides is 1. The largest absolute Gasteiger partial charge is 0.398 e. The van der Waals surface area contributed by atoms with Crippen molar-refractivity contribution in [1.82, 2.24) is 4.90 Å². The molecule has 0 radical (unpaired) electrons. The molecule has 1 fully saturated rings. The van der Waals surface area contributed by atoms with Crippen molar-refractivity contribution >= 4 is 23.2 Å². The topological polar surface area (TPSA) is 46.3 Å². The van der Waals surface area contributed by atoms with Gasteiger partial charge < -0.3 is 10.6 Å². The number of hydrogen-bond acceptors (Lipinski definition) is 2. The van der Waals surface area contributed by atoms with Crippen molar-refractivity contribution in [3.8, 4) is 0 Å². The smallest absolute Gasteiger partial charge is 0.254 e. The first kappa shape index (κ1) is 18.4. The van der Waals surface area contributed by atoms with Gasteiger partial charge in [0.2, 0.25) is 0 Å². The molecular formula is C23H27ClN2O. The van der Waals surface area contributed by atoms with E-state index in [0.29, 0.717) is 34.0 Å². The Morgan fingerprint density at radius 1 is 1.26 bits per heavy atom. The molecule has 1 aliphatic carbocycles. The maximum absolute atomic E-state index is 13.4. The molecule has 2 aliphatic rings. The summed E-state index contributed by atoms with van der Waals surface area (Å²) >= 11 is 6.05. The Bertz CT molecular complexity index is 863. The van der Waals surface area contributed by atoms with Crippen LogP contribution in [0, 0.1) is 11.8 Å². The number of hydrogen-bond donors (Lipinski definition) is 1. The van der Waals surface area contributed by atoms with Crippen LogP contribution in [-0.4, -0.2) is 23.4 Å². The molecule has 0 aromatic heterocycles. The zero-order chi connectivity index (χ0) is 19.1. The first-order valence-electron chi connectivity index (χ1n) is 9.87. The quantitative estimate of drug-likeness (QED) is 0.747. The molecular weight excluding hydrogens is 356 g/mol. The summed E-state index contributed by atoms with van der Waals surface area (Å²) in [6.45, 7) is 5.36. The number of benzene rings is 2. The summed E-state index contributed by atoms with van der Waals surface area (Å²) in [5.41, 5.74) is 9.88. The van der Waals surface area contributed by atoms with Crippen molar-refractivity contribution in [1.29, 1.82) is 0 Å². The van der Waals surface area contributed by atoms with E-state index in [0.717, 1.165) is 19.4 Å². The van der Waals surface area contributed by atoms with Crippen LogP contribution in [0.4, 0.5) is 5.69 Å². The van der Waals surface area contributed by atoms with Crippen LogP contribution >= 0.6 is 11.6 Å². The van der Waals surface area contributed by atoms with E-state index in [1.807, 2.05) is 0 Å². The summed E-state index contributed by atoms with van der Waals surface area (Å²) in [5.74, 6) is 1.68. The number of nitrogens with two attached hydrogens (primary N) is 1. The van der Waals surface area contributed by atoms with Gasteiger partial charge in [-0.25, -0.2) is 0 Å². The van der Waals surface area contributed by atoms with Crippen LogP contribution in [0.15, 0.2) is 42.5 Å². The molecule has 0 spiro atoms. The molecule has 4 rings (SSSR count). The lowest BCUT2D eigenvalue weighted by molar-refractivity contribution is 0.0480. The molecule has 1 aliphatic heterocycles. The summed E-state index contributed by atoms with van der Waals surface area (Å²) in [4.78, 5) is 15.5. The van der Waals surface area contributed by atoms with Crippen LogP contribution < -0.4 is 5.73 Å². The predicted octanol–water partition coefficient (Wildman–Crippen LogP) is 5.14. The highest BCUT2D eigenvalue weighted by Crippen LogP contribution is 2.45. The maximum Gasteiger partial charge on any atom is 0.254 e. The highest BCUT2D eigenvalue weighted by atomic mass is 35.5. The summed E-state index contributed by atoms with van der Waals surface area (Å²) in [5, 5.41) is 0.494. The number of piperidine rings is 1. The van der Waals surface area contributed by atoms with Crippen molar-refractivity contribution in [2.24, 2.45) is 11.8 Å². The Labute approximate surface area is 166 Å². The second kappa shape index (κ2) is 7.20. The Morgan fingerprint density at radius 3 is 2.78 bits per heavy atom. The highest BCUT2D eigenvalue weighted by molar-refractivity contribution is 6.33. The average molecular weight is 383 g/mol. The number of nitrogens with zero attached hydrogens (tertiary/aromatic N) is 1. The van der Waals surface area contributed by atoms with E-state index in [2.05, 4.69) is 43.0 Å². The number of rotatable bonds is 3. The third kappa shape index (κ3) is 3.45. The van der Waals surface area contributed by atoms with Crippen molar-refractivity contribution < 1.29 is 4.79 Å². The fourth-order valence-electron chi connectivity index (χ4n) is 5.03. The zero-order valence-corrected chi connectivity index (χ0v) is 16.7. The number of nitrogen functional groups attached to an aromatic ring is 1. The van der Waals surface area contributed by atoms with E-state index in [4.69, 9.17) is 17.3 Å². The van der Waals surface area contributed by atoms with Crippen molar-refractivity contribution in [2.45, 2.75) is 45.1 Å². The number of carbonyl (C=O) groups is 1. The molecule has 3 atom stereocenters. The van der Waals surface area contributed by atoms with Gasteiger partial charge in [-0.3, -0.25) is 4.79 Å². The van der Waals surface area contributed by atoms with Crippen molar-refractivity contribution in [3.63, 3.8) is 0 Å². The molecule has 2 aromatic carbocycles. The maximum atomic E-state index is 13.4. The minimum absolute atomic E-state index is 0.0784. The Morgan fingerprint density at radius 2 is 2.04 bits per heavy atom. The number of likely N-dealkylation sites (tertiary alicyclic amines) is 1. The van der Waals surface area contributed by atoms with E-state index in [9.17, 15) is 4.79 Å². The molecule has 142 valence electrons. The lowest BCUT2D eigenvalue weighted by Crippen LogP contribution is -2.49. The van der Waals surface area contributed by atoms with E-state index in [1.165, 1.54) is 17.5 Å². The van der Waals surface area contributed by atoms with E-state index < -0.39 is 0 Å². The molecule has 1 amide bonds. The van der Waals surface area contributed by atoms with Crippen LogP contribution in [0.1, 0.15) is 54.1 Å². The van der Waals surface area contributed by atoms with Gasteiger partial charge in [-0.05, 0) is 60.4 Å². The van der Waals surface area contributed by atoms with Gasteiger partial charge in [0.25, 0.3) is 5.91 Å². The second-order valence-corrected chi connectivity index (χ2v) is 8.91. The fraction of sp³-hybridized carbons (Fsp3) is 0.435. The SMILES string of the molecule is CC(C)CC1CC2c3ccccc3CC2N(C(=O)c2ccc(Cl)c(N)c2)C1. The van der Waals surface area contributed by atoms with E-state index in [-0.39, 0.29) is 11.9 Å². The number of halogens is 1. The lowest BCUT2D eigenvalue weighted by atomic mass is 9.79. The summed E-state index contributed by atoms with van der Waals surface area (Å²) < 4.78 is 0. The molecule has 27 heavy (non-hydrogen) atoms. The van der Waals surface area contributed by atoms with Gasteiger partial charge in [0.15, 0.2) is 0 Å². The highest BCUT2D eigenvalue weighted by Gasteiger charge is 2.43. The Hall–Kier alpha value is -2.00. The monoisotopic (exact) mass is 382 g/mol. The molecule has 3 nitrogen and oxygen atoms in total. The van der Waals surface area contributed by atoms with Crippen LogP contribution in [0.5, 0.6) is 0 Å². The van der Waals surface area contributed by atoms with E-state index >= 15 is 0 Å². The van der Waals surface area contributed by atoms with Gasteiger partial charge in [-0.15, -0.1) is 0 Å². The first-order chi connectivity index (χ1) is 12.9. The van der Waals surface area contributed by atoms with Gasteiger partial charge in [0.05, 0.1) is 10.7 Å². The minimum atomic E-state index is 0.0784. The third-order valence-electron chi connectivity index (χ3n) is 6.10. The lowest BCUT2D eigenvalue weighted by Gasteiger charge is -2.43. The molecule has 0 saturated carbocycles. The molecule has 1 heterocycles. The van der Waals surface area contributed by atoms with Gasteiger partial charge in [-0.1, -0.05) is 49.7 Å². The average Bonchev–Trinajstić information content (AvgIpc) is 3.01. The predicted molar refractivity (Wildman–Crippen MR) is 111 cm³/mol. The summed E-state index contributed by atoms with van der Waals surface area (Å²) in [6.07, 6.45) is 3.27. The van der Waals surface area contributed by atoms with Gasteiger partial charge in [0, 0.05) is 24.1 Å². The number of carbonyl (C=O) groups excluding carboxylic acids is 1. The third-order valence-corrected chi connectivity index (χ3v) is 6.44. The molecule has 4 heteroatoms. The van der Waals surface area contributed by atoms with E-state index in [1.54, 1.807) is 18.2 Å². The number of fused-ring (bicyclic) bond motifs is 3. The second-order valence-electron chi connectivity index (χ2n) is 8.50. The first-order valence-corrected chi connectivity index (χ1v) is 10.3.